The number of thioether (sulfide) groups is 1. The van der Waals surface area contributed by atoms with E-state index in [0.717, 1.165) is 18.1 Å². The zero-order valence-corrected chi connectivity index (χ0v) is 21.4. The maximum absolute atomic E-state index is 12.1. The summed E-state index contributed by atoms with van der Waals surface area (Å²) in [7, 11) is 3.39. The molecule has 1 N–H and O–H groups in total. The van der Waals surface area contributed by atoms with Gasteiger partial charge in [-0.2, -0.15) is 0 Å². The first-order valence-corrected chi connectivity index (χ1v) is 11.5. The molecule has 0 spiro atoms. The zero-order chi connectivity index (χ0) is 20.7. The number of guanidine groups is 1. The number of sulfonamides is 1. The molecule has 0 aliphatic rings. The number of hydrogen-bond donors (Lipinski definition) is 1. The zero-order valence-electron chi connectivity index (χ0n) is 17.4. The van der Waals surface area contributed by atoms with E-state index in [4.69, 9.17) is 0 Å². The van der Waals surface area contributed by atoms with Gasteiger partial charge in [0.15, 0.2) is 5.96 Å². The lowest BCUT2D eigenvalue weighted by molar-refractivity contribution is 0.476. The van der Waals surface area contributed by atoms with Crippen LogP contribution < -0.4 is 5.32 Å². The standard InChI is InChI=1S/C20H28N4O2S2.HI/c1-21-20(24(4)15-17-6-10-18(27-5)11-7-17)22-14-16-8-12-19(13-9-16)28(25,26)23(2)3;/h6-13H,14-15H2,1-5H3,(H,21,22);1H. The third-order valence-corrected chi connectivity index (χ3v) is 6.88. The lowest BCUT2D eigenvalue weighted by Gasteiger charge is -2.22. The molecule has 0 aliphatic carbocycles. The molecule has 160 valence electrons. The van der Waals surface area contributed by atoms with Crippen molar-refractivity contribution in [2.75, 3.05) is 34.4 Å². The summed E-state index contributed by atoms with van der Waals surface area (Å²) in [5, 5.41) is 3.32. The van der Waals surface area contributed by atoms with Crippen LogP contribution in [0.2, 0.25) is 0 Å². The fourth-order valence-corrected chi connectivity index (χ4v) is 3.95. The van der Waals surface area contributed by atoms with E-state index in [1.165, 1.54) is 28.9 Å². The summed E-state index contributed by atoms with van der Waals surface area (Å²) in [5.41, 5.74) is 2.19. The molecule has 29 heavy (non-hydrogen) atoms. The molecule has 0 aliphatic heterocycles. The molecule has 2 aromatic rings. The molecule has 0 radical (unpaired) electrons. The van der Waals surface area contributed by atoms with Crippen molar-refractivity contribution in [3.8, 4) is 0 Å². The lowest BCUT2D eigenvalue weighted by atomic mass is 10.2. The van der Waals surface area contributed by atoms with Gasteiger partial charge in [-0.15, -0.1) is 35.7 Å². The van der Waals surface area contributed by atoms with Gasteiger partial charge in [0.05, 0.1) is 4.90 Å². The van der Waals surface area contributed by atoms with Gasteiger partial charge in [-0.05, 0) is 41.6 Å². The molecule has 0 bridgehead atoms. The van der Waals surface area contributed by atoms with Crippen molar-refractivity contribution in [3.63, 3.8) is 0 Å². The maximum atomic E-state index is 12.1. The Balaban J connectivity index is 0.00000420. The molecule has 0 saturated heterocycles. The van der Waals surface area contributed by atoms with Crippen molar-refractivity contribution in [3.05, 3.63) is 59.7 Å². The second kappa shape index (κ2) is 11.8. The number of halogens is 1. The second-order valence-electron chi connectivity index (χ2n) is 6.54. The van der Waals surface area contributed by atoms with Gasteiger partial charge in [-0.3, -0.25) is 4.99 Å². The summed E-state index contributed by atoms with van der Waals surface area (Å²) in [6.07, 6.45) is 2.06. The Morgan fingerprint density at radius 3 is 2.03 bits per heavy atom. The van der Waals surface area contributed by atoms with Crippen LogP contribution in [0.4, 0.5) is 0 Å². The van der Waals surface area contributed by atoms with Crippen LogP contribution in [-0.4, -0.2) is 58.0 Å². The van der Waals surface area contributed by atoms with E-state index in [9.17, 15) is 8.42 Å². The molecule has 0 aromatic heterocycles. The van der Waals surface area contributed by atoms with Gasteiger partial charge < -0.3 is 10.2 Å². The van der Waals surface area contributed by atoms with Crippen molar-refractivity contribution >= 4 is 51.7 Å². The minimum Gasteiger partial charge on any atom is -0.352 e. The summed E-state index contributed by atoms with van der Waals surface area (Å²) in [4.78, 5) is 7.92. The van der Waals surface area contributed by atoms with E-state index in [-0.39, 0.29) is 28.9 Å². The van der Waals surface area contributed by atoms with Crippen LogP contribution in [0.5, 0.6) is 0 Å². The summed E-state index contributed by atoms with van der Waals surface area (Å²) in [5.74, 6) is 0.777. The van der Waals surface area contributed by atoms with Crippen LogP contribution in [0.1, 0.15) is 11.1 Å². The average Bonchev–Trinajstić information content (AvgIpc) is 2.69. The quantitative estimate of drug-likeness (QED) is 0.249. The molecular weight excluding hydrogens is 519 g/mol. The van der Waals surface area contributed by atoms with Gasteiger partial charge in [-0.25, -0.2) is 12.7 Å². The molecule has 0 amide bonds. The van der Waals surface area contributed by atoms with Gasteiger partial charge in [0.25, 0.3) is 0 Å². The molecule has 0 fully saturated rings. The SMILES string of the molecule is CN=C(NCc1ccc(S(=O)(=O)N(C)C)cc1)N(C)Cc1ccc(SC)cc1.I. The maximum Gasteiger partial charge on any atom is 0.242 e. The average molecular weight is 549 g/mol. The summed E-state index contributed by atoms with van der Waals surface area (Å²) < 4.78 is 25.5. The summed E-state index contributed by atoms with van der Waals surface area (Å²) in [6, 6.07) is 15.4. The molecule has 0 saturated carbocycles. The van der Waals surface area contributed by atoms with Crippen molar-refractivity contribution in [2.45, 2.75) is 22.9 Å². The largest absolute Gasteiger partial charge is 0.352 e. The normalized spacial score (nSPS) is 11.9. The number of hydrogen-bond acceptors (Lipinski definition) is 4. The molecule has 6 nitrogen and oxygen atoms in total. The van der Waals surface area contributed by atoms with E-state index in [1.54, 1.807) is 30.9 Å². The number of rotatable bonds is 7. The van der Waals surface area contributed by atoms with E-state index in [0.29, 0.717) is 6.54 Å². The second-order valence-corrected chi connectivity index (χ2v) is 9.57. The van der Waals surface area contributed by atoms with Gasteiger partial charge in [0.2, 0.25) is 10.0 Å². The third kappa shape index (κ3) is 7.16. The number of aliphatic imine (C=N–C) groups is 1. The molecule has 0 unspecified atom stereocenters. The Morgan fingerprint density at radius 2 is 1.55 bits per heavy atom. The predicted octanol–water partition coefficient (Wildman–Crippen LogP) is 3.48. The highest BCUT2D eigenvalue weighted by Gasteiger charge is 2.16. The van der Waals surface area contributed by atoms with Gasteiger partial charge in [-0.1, -0.05) is 24.3 Å². The van der Waals surface area contributed by atoms with E-state index < -0.39 is 10.0 Å². The number of nitrogens with zero attached hydrogens (tertiary/aromatic N) is 3. The van der Waals surface area contributed by atoms with Crippen LogP contribution >= 0.6 is 35.7 Å². The third-order valence-electron chi connectivity index (χ3n) is 4.30. The minimum atomic E-state index is -3.40. The van der Waals surface area contributed by atoms with Crippen molar-refractivity contribution < 1.29 is 8.42 Å². The topological polar surface area (TPSA) is 65.0 Å². The highest BCUT2D eigenvalue weighted by atomic mass is 127. The fourth-order valence-electron chi connectivity index (χ4n) is 2.64. The van der Waals surface area contributed by atoms with Crippen molar-refractivity contribution in [2.24, 2.45) is 4.99 Å². The highest BCUT2D eigenvalue weighted by molar-refractivity contribution is 14.0. The monoisotopic (exact) mass is 548 g/mol. The first kappa shape index (κ1) is 25.7. The Labute approximate surface area is 195 Å². The van der Waals surface area contributed by atoms with E-state index >= 15 is 0 Å². The minimum absolute atomic E-state index is 0. The molecule has 0 atom stereocenters. The molecule has 2 rings (SSSR count). The number of nitrogens with one attached hydrogen (secondary N) is 1. The Morgan fingerprint density at radius 1 is 1.00 bits per heavy atom. The Hall–Kier alpha value is -1.30. The first-order valence-electron chi connectivity index (χ1n) is 8.84. The van der Waals surface area contributed by atoms with Crippen molar-refractivity contribution in [1.29, 1.82) is 0 Å². The fraction of sp³-hybridized carbons (Fsp3) is 0.350. The predicted molar refractivity (Wildman–Crippen MR) is 133 cm³/mol. The smallest absolute Gasteiger partial charge is 0.242 e. The van der Waals surface area contributed by atoms with Gasteiger partial charge >= 0.3 is 0 Å². The molecule has 0 heterocycles. The molecular formula is C20H29IN4O2S2. The highest BCUT2D eigenvalue weighted by Crippen LogP contribution is 2.16. The van der Waals surface area contributed by atoms with Gasteiger partial charge in [0.1, 0.15) is 0 Å². The lowest BCUT2D eigenvalue weighted by Crippen LogP contribution is -2.38. The van der Waals surface area contributed by atoms with Crippen LogP contribution in [0.3, 0.4) is 0 Å². The first-order chi connectivity index (χ1) is 13.3. The summed E-state index contributed by atoms with van der Waals surface area (Å²) >= 11 is 1.73. The van der Waals surface area contributed by atoms with Crippen LogP contribution in [0.25, 0.3) is 0 Å². The van der Waals surface area contributed by atoms with Gasteiger partial charge in [0, 0.05) is 46.2 Å². The Kier molecular flexibility index (Phi) is 10.4. The molecule has 9 heteroatoms. The van der Waals surface area contributed by atoms with E-state index in [2.05, 4.69) is 45.7 Å². The molecule has 2 aromatic carbocycles. The van der Waals surface area contributed by atoms with Crippen LogP contribution in [0.15, 0.2) is 63.3 Å². The number of benzene rings is 2. The van der Waals surface area contributed by atoms with E-state index in [1.807, 2.05) is 19.2 Å². The van der Waals surface area contributed by atoms with Crippen molar-refractivity contribution in [1.82, 2.24) is 14.5 Å². The van der Waals surface area contributed by atoms with Crippen LogP contribution in [0, 0.1) is 0 Å². The summed E-state index contributed by atoms with van der Waals surface area (Å²) in [6.45, 7) is 1.30. The Bertz CT molecular complexity index is 899. The van der Waals surface area contributed by atoms with Crippen LogP contribution in [-0.2, 0) is 23.1 Å².